The van der Waals surface area contributed by atoms with Gasteiger partial charge in [0.25, 0.3) is 0 Å². The molecule has 0 saturated carbocycles. The van der Waals surface area contributed by atoms with E-state index in [1.165, 1.54) is 19.9 Å². The summed E-state index contributed by atoms with van der Waals surface area (Å²) in [6.45, 7) is 4.45. The molecule has 2 aromatic rings. The van der Waals surface area contributed by atoms with Gasteiger partial charge in [0.2, 0.25) is 0 Å². The number of benzene rings is 1. The maximum atomic E-state index is 13.7. The van der Waals surface area contributed by atoms with Crippen molar-refractivity contribution < 1.29 is 36.8 Å². The molecule has 0 N–H and O–H groups in total. The van der Waals surface area contributed by atoms with E-state index >= 15 is 0 Å². The SMILES string of the molecule is CC(=O)OCC1OCCC(OC(C)=O)C1F.Cc1cc(=O)oc2cc(OS)ccc12. The van der Waals surface area contributed by atoms with Gasteiger partial charge in [-0.15, -0.1) is 0 Å². The van der Waals surface area contributed by atoms with E-state index in [1.807, 2.05) is 13.0 Å². The van der Waals surface area contributed by atoms with Crippen LogP contribution in [0, 0.1) is 6.92 Å². The number of thiol groups is 1. The number of hydrogen-bond acceptors (Lipinski definition) is 9. The molecule has 2 heterocycles. The molecule has 3 rings (SSSR count). The fraction of sp³-hybridized carbons (Fsp3) is 0.450. The van der Waals surface area contributed by atoms with Gasteiger partial charge in [0, 0.05) is 50.7 Å². The summed E-state index contributed by atoms with van der Waals surface area (Å²) in [7, 11) is 0. The second kappa shape index (κ2) is 11.0. The summed E-state index contributed by atoms with van der Waals surface area (Å²) >= 11 is 3.67. The fourth-order valence-corrected chi connectivity index (χ4v) is 2.98. The van der Waals surface area contributed by atoms with E-state index in [2.05, 4.69) is 17.6 Å². The van der Waals surface area contributed by atoms with E-state index in [-0.39, 0.29) is 18.8 Å². The van der Waals surface area contributed by atoms with Gasteiger partial charge in [0.05, 0.1) is 6.61 Å². The number of rotatable bonds is 4. The predicted octanol–water partition coefficient (Wildman–Crippen LogP) is 2.93. The minimum Gasteiger partial charge on any atom is -0.463 e. The van der Waals surface area contributed by atoms with Gasteiger partial charge in [-0.25, -0.2) is 9.18 Å². The van der Waals surface area contributed by atoms with E-state index in [0.29, 0.717) is 17.8 Å². The Kier molecular flexibility index (Phi) is 8.67. The number of carbonyl (C=O) groups excluding carboxylic acids is 2. The van der Waals surface area contributed by atoms with Crippen molar-refractivity contribution in [2.45, 2.75) is 45.6 Å². The minimum atomic E-state index is -1.46. The average Bonchev–Trinajstić information content (AvgIpc) is 2.68. The van der Waals surface area contributed by atoms with Crippen LogP contribution in [0.2, 0.25) is 0 Å². The summed E-state index contributed by atoms with van der Waals surface area (Å²) < 4.78 is 38.1. The standard InChI is InChI=1S/C10H15FO5.C10H8O3S/c1-6(12)15-5-9-10(11)8(3-4-14-9)16-7(2)13;1-6-4-10(11)12-9-5-7(13-14)2-3-8(6)9/h8-10H,3-5H2,1-2H3;2-5,14H,1H3. The van der Waals surface area contributed by atoms with Crippen molar-refractivity contribution in [3.8, 4) is 5.75 Å². The zero-order valence-corrected chi connectivity index (χ0v) is 17.6. The first kappa shape index (κ1) is 23.7. The number of carbonyl (C=O) groups is 2. The van der Waals surface area contributed by atoms with Crippen LogP contribution < -0.4 is 9.81 Å². The molecule has 0 spiro atoms. The number of alkyl halides is 1. The largest absolute Gasteiger partial charge is 0.463 e. The first-order valence-corrected chi connectivity index (χ1v) is 9.50. The number of ether oxygens (including phenoxy) is 3. The summed E-state index contributed by atoms with van der Waals surface area (Å²) in [4.78, 5) is 32.4. The van der Waals surface area contributed by atoms with Crippen molar-refractivity contribution in [3.63, 3.8) is 0 Å². The van der Waals surface area contributed by atoms with Crippen molar-refractivity contribution in [1.82, 2.24) is 0 Å². The summed E-state index contributed by atoms with van der Waals surface area (Å²) in [5.74, 6) is -0.472. The third-order valence-electron chi connectivity index (χ3n) is 4.24. The van der Waals surface area contributed by atoms with Gasteiger partial charge in [0.15, 0.2) is 6.17 Å². The number of aryl methyl sites for hydroxylation is 1. The van der Waals surface area contributed by atoms with Gasteiger partial charge >= 0.3 is 17.6 Å². The Morgan fingerprint density at radius 1 is 1.23 bits per heavy atom. The van der Waals surface area contributed by atoms with Crippen molar-refractivity contribution in [2.24, 2.45) is 0 Å². The van der Waals surface area contributed by atoms with E-state index < -0.39 is 30.3 Å². The smallest absolute Gasteiger partial charge is 0.336 e. The van der Waals surface area contributed by atoms with E-state index in [0.717, 1.165) is 10.9 Å². The Balaban J connectivity index is 0.000000215. The number of halogens is 1. The molecule has 10 heteroatoms. The van der Waals surface area contributed by atoms with Crippen LogP contribution >= 0.6 is 12.9 Å². The quantitative estimate of drug-likeness (QED) is 0.334. The molecule has 0 aliphatic carbocycles. The lowest BCUT2D eigenvalue weighted by Gasteiger charge is -2.32. The molecular weight excluding hydrogens is 419 g/mol. The molecule has 1 aliphatic heterocycles. The molecule has 3 unspecified atom stereocenters. The highest BCUT2D eigenvalue weighted by Gasteiger charge is 2.37. The van der Waals surface area contributed by atoms with Gasteiger partial charge < -0.3 is 22.8 Å². The Labute approximate surface area is 177 Å². The summed E-state index contributed by atoms with van der Waals surface area (Å²) in [5.41, 5.74) is 1.05. The van der Waals surface area contributed by atoms with Crippen molar-refractivity contribution >= 4 is 35.8 Å². The highest BCUT2D eigenvalue weighted by Crippen LogP contribution is 2.23. The molecule has 0 radical (unpaired) electrons. The Bertz CT molecular complexity index is 944. The second-order valence-electron chi connectivity index (χ2n) is 6.59. The monoisotopic (exact) mass is 442 g/mol. The van der Waals surface area contributed by atoms with Gasteiger partial charge in [-0.05, 0) is 24.6 Å². The molecule has 30 heavy (non-hydrogen) atoms. The first-order valence-electron chi connectivity index (χ1n) is 9.13. The van der Waals surface area contributed by atoms with Gasteiger partial charge in [-0.2, -0.15) is 0 Å². The zero-order chi connectivity index (χ0) is 22.3. The maximum absolute atomic E-state index is 13.7. The molecule has 1 aliphatic rings. The Hall–Kier alpha value is -2.59. The normalized spacial score (nSPS) is 20.6. The van der Waals surface area contributed by atoms with E-state index in [1.54, 1.807) is 12.1 Å². The van der Waals surface area contributed by atoms with Crippen molar-refractivity contribution in [3.05, 3.63) is 40.2 Å². The van der Waals surface area contributed by atoms with Crippen LogP contribution in [0.1, 0.15) is 25.8 Å². The predicted molar refractivity (Wildman–Crippen MR) is 108 cm³/mol. The highest BCUT2D eigenvalue weighted by atomic mass is 32.1. The fourth-order valence-electron chi connectivity index (χ4n) is 2.86. The van der Waals surface area contributed by atoms with Crippen LogP contribution in [0.25, 0.3) is 11.0 Å². The van der Waals surface area contributed by atoms with Crippen LogP contribution in [0.15, 0.2) is 33.5 Å². The molecule has 1 aromatic heterocycles. The van der Waals surface area contributed by atoms with Crippen LogP contribution in [-0.2, 0) is 23.8 Å². The topological polar surface area (TPSA) is 101 Å². The average molecular weight is 442 g/mol. The lowest BCUT2D eigenvalue weighted by atomic mass is 10.0. The third-order valence-corrected chi connectivity index (χ3v) is 4.45. The van der Waals surface area contributed by atoms with Gasteiger partial charge in [0.1, 0.15) is 30.1 Å². The van der Waals surface area contributed by atoms with E-state index in [9.17, 15) is 18.8 Å². The second-order valence-corrected chi connectivity index (χ2v) is 6.77. The Morgan fingerprint density at radius 2 is 1.97 bits per heavy atom. The molecule has 1 fully saturated rings. The molecule has 1 aromatic carbocycles. The van der Waals surface area contributed by atoms with Crippen molar-refractivity contribution in [2.75, 3.05) is 13.2 Å². The summed E-state index contributed by atoms with van der Waals surface area (Å²) in [5, 5.41) is 0.902. The molecule has 0 amide bonds. The summed E-state index contributed by atoms with van der Waals surface area (Å²) in [6.07, 6.45) is -2.82. The molecule has 8 nitrogen and oxygen atoms in total. The van der Waals surface area contributed by atoms with Crippen LogP contribution in [-0.4, -0.2) is 43.5 Å². The highest BCUT2D eigenvalue weighted by molar-refractivity contribution is 7.75. The minimum absolute atomic E-state index is 0.158. The van der Waals surface area contributed by atoms with Gasteiger partial charge in [-0.3, -0.25) is 9.59 Å². The van der Waals surface area contributed by atoms with Gasteiger partial charge in [-0.1, -0.05) is 0 Å². The van der Waals surface area contributed by atoms with E-state index in [4.69, 9.17) is 18.1 Å². The van der Waals surface area contributed by atoms with Crippen molar-refractivity contribution in [1.29, 1.82) is 0 Å². The lowest BCUT2D eigenvalue weighted by molar-refractivity contribution is -0.174. The van der Waals surface area contributed by atoms with Crippen LogP contribution in [0.5, 0.6) is 5.75 Å². The molecular formula is C20H23FO8S. The summed E-state index contributed by atoms with van der Waals surface area (Å²) in [6, 6.07) is 6.70. The molecule has 164 valence electrons. The number of esters is 2. The first-order chi connectivity index (χ1) is 14.2. The van der Waals surface area contributed by atoms with Crippen LogP contribution in [0.4, 0.5) is 4.39 Å². The molecule has 3 atom stereocenters. The third kappa shape index (κ3) is 6.74. The maximum Gasteiger partial charge on any atom is 0.336 e. The van der Waals surface area contributed by atoms with Crippen LogP contribution in [0.3, 0.4) is 0 Å². The number of fused-ring (bicyclic) bond motifs is 1. The number of hydrogen-bond donors (Lipinski definition) is 1. The molecule has 0 bridgehead atoms. The Morgan fingerprint density at radius 3 is 2.60 bits per heavy atom. The molecule has 1 saturated heterocycles. The lowest BCUT2D eigenvalue weighted by Crippen LogP contribution is -2.46. The zero-order valence-electron chi connectivity index (χ0n) is 16.8.